The van der Waals surface area contributed by atoms with Gasteiger partial charge in [0.1, 0.15) is 0 Å². The van der Waals surface area contributed by atoms with E-state index < -0.39 is 15.8 Å². The second-order valence-electron chi connectivity index (χ2n) is 3.75. The number of hydrogen-bond donors (Lipinski definition) is 1. The predicted octanol–water partition coefficient (Wildman–Crippen LogP) is 0.689. The number of ether oxygens (including phenoxy) is 2. The van der Waals surface area contributed by atoms with Gasteiger partial charge in [-0.3, -0.25) is 0 Å². The van der Waals surface area contributed by atoms with E-state index in [-0.39, 0.29) is 6.54 Å². The Morgan fingerprint density at radius 2 is 1.95 bits per heavy atom. The fourth-order valence-corrected chi connectivity index (χ4v) is 2.21. The lowest BCUT2D eigenvalue weighted by Crippen LogP contribution is -2.27. The number of hydrogen-bond acceptors (Lipinski definition) is 5. The zero-order chi connectivity index (χ0) is 14.3. The zero-order valence-corrected chi connectivity index (χ0v) is 11.7. The maximum absolute atomic E-state index is 11.3. The molecule has 0 saturated carbocycles. The molecule has 0 radical (unpaired) electrons. The molecule has 0 fully saturated rings. The van der Waals surface area contributed by atoms with E-state index in [4.69, 9.17) is 14.7 Å². The number of benzene rings is 1. The Balaban J connectivity index is 2.62. The van der Waals surface area contributed by atoms with Crippen molar-refractivity contribution >= 4 is 10.0 Å². The van der Waals surface area contributed by atoms with Crippen LogP contribution < -0.4 is 14.2 Å². The van der Waals surface area contributed by atoms with E-state index in [1.54, 1.807) is 25.3 Å². The van der Waals surface area contributed by atoms with Gasteiger partial charge in [0.15, 0.2) is 17.3 Å². The first kappa shape index (κ1) is 15.3. The first-order chi connectivity index (χ1) is 9.02. The number of nitrogens with one attached hydrogen (secondary N) is 1. The summed E-state index contributed by atoms with van der Waals surface area (Å²) in [5, 5.41) is 8.34. The van der Waals surface area contributed by atoms with Gasteiger partial charge in [-0.25, -0.2) is 13.1 Å². The van der Waals surface area contributed by atoms with Crippen LogP contribution in [0, 0.1) is 11.3 Å². The molecule has 7 heteroatoms. The van der Waals surface area contributed by atoms with Crippen molar-refractivity contribution in [1.82, 2.24) is 4.72 Å². The lowest BCUT2D eigenvalue weighted by atomic mass is 10.1. The molecule has 104 valence electrons. The topological polar surface area (TPSA) is 88.4 Å². The Bertz CT molecular complexity index is 564. The van der Waals surface area contributed by atoms with Crippen LogP contribution in [0.4, 0.5) is 0 Å². The summed E-state index contributed by atoms with van der Waals surface area (Å²) in [4.78, 5) is 0. The number of nitrogens with zero attached hydrogens (tertiary/aromatic N) is 1. The summed E-state index contributed by atoms with van der Waals surface area (Å²) in [6.45, 7) is 0.236. The smallest absolute Gasteiger partial charge is 0.225 e. The highest BCUT2D eigenvalue weighted by molar-refractivity contribution is 7.89. The fourth-order valence-electron chi connectivity index (χ4n) is 1.52. The van der Waals surface area contributed by atoms with E-state index in [9.17, 15) is 8.42 Å². The lowest BCUT2D eigenvalue weighted by Gasteiger charge is -2.09. The molecule has 0 saturated heterocycles. The molecule has 0 amide bonds. The summed E-state index contributed by atoms with van der Waals surface area (Å²) in [5.74, 6) is 0.690. The van der Waals surface area contributed by atoms with Gasteiger partial charge in [-0.2, -0.15) is 5.26 Å². The highest BCUT2D eigenvalue weighted by atomic mass is 32.2. The third-order valence-corrected chi connectivity index (χ3v) is 3.59. The van der Waals surface area contributed by atoms with Gasteiger partial charge in [0.25, 0.3) is 0 Å². The highest BCUT2D eigenvalue weighted by Gasteiger charge is 2.09. The van der Waals surface area contributed by atoms with Crippen molar-refractivity contribution in [2.45, 2.75) is 6.42 Å². The van der Waals surface area contributed by atoms with Crippen LogP contribution in [0.25, 0.3) is 0 Å². The van der Waals surface area contributed by atoms with E-state index in [2.05, 4.69) is 4.72 Å². The molecule has 1 rings (SSSR count). The predicted molar refractivity (Wildman–Crippen MR) is 70.7 cm³/mol. The molecule has 0 spiro atoms. The van der Waals surface area contributed by atoms with Gasteiger partial charge in [-0.15, -0.1) is 0 Å². The Hall–Kier alpha value is -1.78. The minimum absolute atomic E-state index is 0.236. The lowest BCUT2D eigenvalue weighted by molar-refractivity contribution is 0.354. The maximum atomic E-state index is 11.3. The molecule has 0 heterocycles. The van der Waals surface area contributed by atoms with Crippen molar-refractivity contribution in [3.8, 4) is 17.6 Å². The first-order valence-corrected chi connectivity index (χ1v) is 7.23. The summed E-state index contributed by atoms with van der Waals surface area (Å²) in [6.07, 6.45) is 0.505. The van der Waals surface area contributed by atoms with Crippen LogP contribution in [0.5, 0.6) is 11.5 Å². The molecule has 6 nitrogen and oxygen atoms in total. The summed E-state index contributed by atoms with van der Waals surface area (Å²) >= 11 is 0. The second kappa shape index (κ2) is 6.97. The molecule has 0 atom stereocenters. The van der Waals surface area contributed by atoms with Gasteiger partial charge in [0.2, 0.25) is 10.0 Å². The highest BCUT2D eigenvalue weighted by Crippen LogP contribution is 2.27. The van der Waals surface area contributed by atoms with E-state index in [1.807, 2.05) is 6.07 Å². The van der Waals surface area contributed by atoms with Crippen molar-refractivity contribution in [1.29, 1.82) is 5.26 Å². The number of methoxy groups -OCH3 is 2. The molecule has 19 heavy (non-hydrogen) atoms. The second-order valence-corrected chi connectivity index (χ2v) is 5.56. The molecular formula is C12H16N2O4S. The average molecular weight is 284 g/mol. The summed E-state index contributed by atoms with van der Waals surface area (Å²) in [7, 11) is -0.409. The van der Waals surface area contributed by atoms with Crippen LogP contribution in [-0.4, -0.2) is 34.9 Å². The molecule has 0 aliphatic rings. The molecule has 0 aliphatic carbocycles. The largest absolute Gasteiger partial charge is 0.493 e. The Kier molecular flexibility index (Phi) is 5.60. The van der Waals surface area contributed by atoms with Crippen LogP contribution in [0.1, 0.15) is 5.56 Å². The standard InChI is InChI=1S/C12H16N2O4S/c1-17-11-4-3-10(9-12(11)18-2)5-7-14-19(15,16)8-6-13/h3-4,9,14H,5,7-8H2,1-2H3. The first-order valence-electron chi connectivity index (χ1n) is 5.57. The number of rotatable bonds is 7. The van der Waals surface area contributed by atoms with Crippen LogP contribution in [0.3, 0.4) is 0 Å². The minimum Gasteiger partial charge on any atom is -0.493 e. The van der Waals surface area contributed by atoms with Gasteiger partial charge in [-0.05, 0) is 24.1 Å². The molecule has 1 aromatic carbocycles. The molecule has 0 aliphatic heterocycles. The van der Waals surface area contributed by atoms with Gasteiger partial charge in [-0.1, -0.05) is 6.07 Å². The quantitative estimate of drug-likeness (QED) is 0.795. The molecule has 0 unspecified atom stereocenters. The Labute approximate surface area is 113 Å². The van der Waals surface area contributed by atoms with E-state index in [0.29, 0.717) is 17.9 Å². The molecule has 1 aromatic rings. The minimum atomic E-state index is -3.50. The van der Waals surface area contributed by atoms with Crippen molar-refractivity contribution in [3.05, 3.63) is 23.8 Å². The Morgan fingerprint density at radius 3 is 2.53 bits per heavy atom. The van der Waals surface area contributed by atoms with E-state index in [1.165, 1.54) is 7.11 Å². The van der Waals surface area contributed by atoms with Crippen LogP contribution in [0.2, 0.25) is 0 Å². The van der Waals surface area contributed by atoms with Crippen molar-refractivity contribution < 1.29 is 17.9 Å². The SMILES string of the molecule is COc1ccc(CCNS(=O)(=O)CC#N)cc1OC. The number of sulfonamides is 1. The summed E-state index contributed by atoms with van der Waals surface area (Å²) in [6, 6.07) is 6.99. The fraction of sp³-hybridized carbons (Fsp3) is 0.417. The molecule has 0 aromatic heterocycles. The third-order valence-electron chi connectivity index (χ3n) is 2.44. The molecule has 1 N–H and O–H groups in total. The summed E-state index contributed by atoms with van der Waals surface area (Å²) in [5.41, 5.74) is 0.914. The van der Waals surface area contributed by atoms with E-state index >= 15 is 0 Å². The van der Waals surface area contributed by atoms with Gasteiger partial charge in [0, 0.05) is 6.54 Å². The van der Waals surface area contributed by atoms with Gasteiger partial charge >= 0.3 is 0 Å². The monoisotopic (exact) mass is 284 g/mol. The molecular weight excluding hydrogens is 268 g/mol. The van der Waals surface area contributed by atoms with Crippen LogP contribution in [0.15, 0.2) is 18.2 Å². The third kappa shape index (κ3) is 4.77. The average Bonchev–Trinajstić information content (AvgIpc) is 2.38. The van der Waals surface area contributed by atoms with Crippen molar-refractivity contribution in [3.63, 3.8) is 0 Å². The molecule has 0 bridgehead atoms. The van der Waals surface area contributed by atoms with Crippen LogP contribution >= 0.6 is 0 Å². The number of nitriles is 1. The Morgan fingerprint density at radius 1 is 1.26 bits per heavy atom. The van der Waals surface area contributed by atoms with Crippen molar-refractivity contribution in [2.24, 2.45) is 0 Å². The van der Waals surface area contributed by atoms with Gasteiger partial charge < -0.3 is 9.47 Å². The van der Waals surface area contributed by atoms with E-state index in [0.717, 1.165) is 5.56 Å². The maximum Gasteiger partial charge on any atom is 0.225 e. The summed E-state index contributed by atoms with van der Waals surface area (Å²) < 4.78 is 35.1. The van der Waals surface area contributed by atoms with Gasteiger partial charge in [0.05, 0.1) is 20.3 Å². The van der Waals surface area contributed by atoms with Crippen molar-refractivity contribution in [2.75, 3.05) is 26.5 Å². The normalized spacial score (nSPS) is 10.8. The zero-order valence-electron chi connectivity index (χ0n) is 10.8. The van der Waals surface area contributed by atoms with Crippen LogP contribution in [-0.2, 0) is 16.4 Å².